The molecule has 19 heavy (non-hydrogen) atoms. The fourth-order valence-electron chi connectivity index (χ4n) is 1.98. The van der Waals surface area contributed by atoms with Gasteiger partial charge in [0.25, 0.3) is 0 Å². The van der Waals surface area contributed by atoms with Crippen LogP contribution in [-0.4, -0.2) is 13.2 Å². The Labute approximate surface area is 116 Å². The van der Waals surface area contributed by atoms with Gasteiger partial charge in [-0.2, -0.15) is 0 Å². The van der Waals surface area contributed by atoms with Crippen molar-refractivity contribution in [3.63, 3.8) is 0 Å². The van der Waals surface area contributed by atoms with Crippen molar-refractivity contribution in [1.82, 2.24) is 5.32 Å². The summed E-state index contributed by atoms with van der Waals surface area (Å²) >= 11 is 0. The highest BCUT2D eigenvalue weighted by Crippen LogP contribution is 2.24. The van der Waals surface area contributed by atoms with Crippen molar-refractivity contribution < 1.29 is 9.13 Å². The second kappa shape index (κ2) is 8.92. The molecule has 108 valence electrons. The third kappa shape index (κ3) is 5.19. The summed E-state index contributed by atoms with van der Waals surface area (Å²) in [5.74, 6) is 0.649. The van der Waals surface area contributed by atoms with Crippen LogP contribution in [0.3, 0.4) is 0 Å². The van der Waals surface area contributed by atoms with Gasteiger partial charge in [0.15, 0.2) is 11.6 Å². The van der Waals surface area contributed by atoms with Crippen LogP contribution in [0.2, 0.25) is 0 Å². The first kappa shape index (κ1) is 16.0. The topological polar surface area (TPSA) is 21.3 Å². The second-order valence-corrected chi connectivity index (χ2v) is 4.90. The number of para-hydroxylation sites is 1. The predicted octanol–water partition coefficient (Wildman–Crippen LogP) is 4.14. The molecule has 0 radical (unpaired) electrons. The van der Waals surface area contributed by atoms with Crippen LogP contribution in [0.4, 0.5) is 4.39 Å². The van der Waals surface area contributed by atoms with Gasteiger partial charge >= 0.3 is 0 Å². The summed E-state index contributed by atoms with van der Waals surface area (Å²) in [6, 6.07) is 5.13. The maximum absolute atomic E-state index is 13.9. The number of rotatable bonds is 9. The normalized spacial score (nSPS) is 11.0. The Bertz CT molecular complexity index is 364. The number of hydrogen-bond donors (Lipinski definition) is 1. The first-order valence-electron chi connectivity index (χ1n) is 7.33. The Morgan fingerprint density at radius 1 is 1.21 bits per heavy atom. The van der Waals surface area contributed by atoms with Crippen molar-refractivity contribution in [3.8, 4) is 5.75 Å². The van der Waals surface area contributed by atoms with Gasteiger partial charge in [-0.3, -0.25) is 0 Å². The van der Waals surface area contributed by atoms with E-state index in [0.29, 0.717) is 24.8 Å². The molecule has 0 bridgehead atoms. The lowest BCUT2D eigenvalue weighted by Gasteiger charge is -2.17. The summed E-state index contributed by atoms with van der Waals surface area (Å²) in [5, 5.41) is 3.29. The van der Waals surface area contributed by atoms with Crippen molar-refractivity contribution in [2.24, 2.45) is 5.92 Å². The Morgan fingerprint density at radius 3 is 2.58 bits per heavy atom. The lowest BCUT2D eigenvalue weighted by molar-refractivity contribution is 0.229. The zero-order valence-corrected chi connectivity index (χ0v) is 12.3. The molecule has 0 heterocycles. The third-order valence-electron chi connectivity index (χ3n) is 3.41. The summed E-state index contributed by atoms with van der Waals surface area (Å²) in [6.45, 7) is 8.58. The number of halogens is 1. The smallest absolute Gasteiger partial charge is 0.165 e. The van der Waals surface area contributed by atoms with E-state index < -0.39 is 0 Å². The van der Waals surface area contributed by atoms with Crippen LogP contribution in [-0.2, 0) is 6.54 Å². The lowest BCUT2D eigenvalue weighted by Crippen LogP contribution is -2.17. The molecular weight excluding hydrogens is 241 g/mol. The second-order valence-electron chi connectivity index (χ2n) is 4.90. The molecular formula is C16H26FNO. The molecule has 3 heteroatoms. The van der Waals surface area contributed by atoms with Gasteiger partial charge < -0.3 is 10.1 Å². The SMILES string of the molecule is CCCNCc1cccc(F)c1OCC(CC)CC. The van der Waals surface area contributed by atoms with E-state index in [4.69, 9.17) is 4.74 Å². The third-order valence-corrected chi connectivity index (χ3v) is 3.41. The number of hydrogen-bond acceptors (Lipinski definition) is 2. The van der Waals surface area contributed by atoms with Gasteiger partial charge in [-0.25, -0.2) is 4.39 Å². The van der Waals surface area contributed by atoms with Gasteiger partial charge in [0.05, 0.1) is 6.61 Å². The van der Waals surface area contributed by atoms with Crippen LogP contribution < -0.4 is 10.1 Å². The molecule has 0 unspecified atom stereocenters. The molecule has 0 aliphatic heterocycles. The number of benzene rings is 1. The largest absolute Gasteiger partial charge is 0.490 e. The van der Waals surface area contributed by atoms with Crippen LogP contribution in [0, 0.1) is 11.7 Å². The number of nitrogens with one attached hydrogen (secondary N) is 1. The van der Waals surface area contributed by atoms with Crippen LogP contribution in [0.25, 0.3) is 0 Å². The molecule has 1 rings (SSSR count). The minimum absolute atomic E-state index is 0.262. The summed E-state index contributed by atoms with van der Waals surface area (Å²) in [5.41, 5.74) is 0.902. The van der Waals surface area contributed by atoms with Gasteiger partial charge in [-0.1, -0.05) is 45.7 Å². The lowest BCUT2D eigenvalue weighted by atomic mass is 10.1. The standard InChI is InChI=1S/C16H26FNO/c1-4-10-18-11-14-8-7-9-15(17)16(14)19-12-13(5-2)6-3/h7-9,13,18H,4-6,10-12H2,1-3H3. The van der Waals surface area contributed by atoms with Crippen molar-refractivity contribution in [1.29, 1.82) is 0 Å². The fraction of sp³-hybridized carbons (Fsp3) is 0.625. The van der Waals surface area contributed by atoms with Crippen molar-refractivity contribution in [3.05, 3.63) is 29.6 Å². The molecule has 0 aromatic heterocycles. The van der Waals surface area contributed by atoms with Crippen LogP contribution in [0.15, 0.2) is 18.2 Å². The molecule has 0 saturated carbocycles. The average Bonchev–Trinajstić information content (AvgIpc) is 2.42. The first-order chi connectivity index (χ1) is 9.22. The Morgan fingerprint density at radius 2 is 1.95 bits per heavy atom. The highest BCUT2D eigenvalue weighted by molar-refractivity contribution is 5.34. The van der Waals surface area contributed by atoms with Gasteiger partial charge in [0, 0.05) is 12.1 Å². The molecule has 0 aliphatic rings. The molecule has 0 spiro atoms. The Hall–Kier alpha value is -1.09. The molecule has 1 aromatic carbocycles. The summed E-state index contributed by atoms with van der Waals surface area (Å²) in [7, 11) is 0. The van der Waals surface area contributed by atoms with E-state index in [0.717, 1.165) is 31.4 Å². The van der Waals surface area contributed by atoms with E-state index in [2.05, 4.69) is 26.1 Å². The maximum atomic E-state index is 13.9. The minimum Gasteiger partial charge on any atom is -0.490 e. The van der Waals surface area contributed by atoms with E-state index in [1.807, 2.05) is 6.07 Å². The molecule has 0 aliphatic carbocycles. The fourth-order valence-corrected chi connectivity index (χ4v) is 1.98. The van der Waals surface area contributed by atoms with Crippen LogP contribution >= 0.6 is 0 Å². The monoisotopic (exact) mass is 267 g/mol. The predicted molar refractivity (Wildman–Crippen MR) is 78.0 cm³/mol. The first-order valence-corrected chi connectivity index (χ1v) is 7.33. The van der Waals surface area contributed by atoms with E-state index in [9.17, 15) is 4.39 Å². The van der Waals surface area contributed by atoms with Gasteiger partial charge in [0.2, 0.25) is 0 Å². The zero-order chi connectivity index (χ0) is 14.1. The molecule has 0 atom stereocenters. The van der Waals surface area contributed by atoms with Crippen LogP contribution in [0.1, 0.15) is 45.6 Å². The highest BCUT2D eigenvalue weighted by atomic mass is 19.1. The summed E-state index contributed by atoms with van der Waals surface area (Å²) < 4.78 is 19.6. The van der Waals surface area contributed by atoms with Gasteiger partial charge in [-0.05, 0) is 24.9 Å². The van der Waals surface area contributed by atoms with Crippen molar-refractivity contribution in [2.45, 2.75) is 46.6 Å². The van der Waals surface area contributed by atoms with Gasteiger partial charge in [-0.15, -0.1) is 0 Å². The zero-order valence-electron chi connectivity index (χ0n) is 12.3. The quantitative estimate of drug-likeness (QED) is 0.679. The highest BCUT2D eigenvalue weighted by Gasteiger charge is 2.12. The molecule has 0 fully saturated rings. The van der Waals surface area contributed by atoms with E-state index in [1.54, 1.807) is 6.07 Å². The molecule has 0 amide bonds. The van der Waals surface area contributed by atoms with E-state index in [-0.39, 0.29) is 5.82 Å². The molecule has 2 nitrogen and oxygen atoms in total. The van der Waals surface area contributed by atoms with E-state index >= 15 is 0 Å². The maximum Gasteiger partial charge on any atom is 0.165 e. The molecule has 1 aromatic rings. The Kier molecular flexibility index (Phi) is 7.49. The Balaban J connectivity index is 2.68. The average molecular weight is 267 g/mol. The molecule has 0 saturated heterocycles. The van der Waals surface area contributed by atoms with Gasteiger partial charge in [0.1, 0.15) is 0 Å². The molecule has 1 N–H and O–H groups in total. The number of ether oxygens (including phenoxy) is 1. The minimum atomic E-state index is -0.262. The summed E-state index contributed by atoms with van der Waals surface area (Å²) in [4.78, 5) is 0. The van der Waals surface area contributed by atoms with Crippen LogP contribution in [0.5, 0.6) is 5.75 Å². The van der Waals surface area contributed by atoms with Crippen molar-refractivity contribution >= 4 is 0 Å². The van der Waals surface area contributed by atoms with Crippen molar-refractivity contribution in [2.75, 3.05) is 13.2 Å². The summed E-state index contributed by atoms with van der Waals surface area (Å²) in [6.07, 6.45) is 3.20. The van der Waals surface area contributed by atoms with E-state index in [1.165, 1.54) is 6.07 Å².